The molecular weight excluding hydrogens is 581 g/mol. The second-order valence-electron chi connectivity index (χ2n) is 9.64. The maximum Gasteiger partial charge on any atom is 0.573 e. The predicted molar refractivity (Wildman–Crippen MR) is 158 cm³/mol. The van der Waals surface area contributed by atoms with Crippen LogP contribution in [-0.2, 0) is 11.2 Å². The highest BCUT2D eigenvalue weighted by Crippen LogP contribution is 2.29. The van der Waals surface area contributed by atoms with Crippen molar-refractivity contribution in [1.29, 1.82) is 0 Å². The largest absolute Gasteiger partial charge is 0.573 e. The molecule has 13 heteroatoms. The van der Waals surface area contributed by atoms with E-state index in [1.54, 1.807) is 0 Å². The molecule has 1 aromatic heterocycles. The van der Waals surface area contributed by atoms with Crippen LogP contribution >= 0.6 is 11.8 Å². The van der Waals surface area contributed by atoms with Gasteiger partial charge in [0.1, 0.15) is 12.1 Å². The number of para-hydroxylation sites is 1. The number of nitrogens with zero attached hydrogens (tertiary/aromatic N) is 5. The van der Waals surface area contributed by atoms with Gasteiger partial charge in [-0.05, 0) is 67.6 Å². The minimum Gasteiger partial charge on any atom is -0.406 e. The van der Waals surface area contributed by atoms with Gasteiger partial charge in [0, 0.05) is 12.1 Å². The summed E-state index contributed by atoms with van der Waals surface area (Å²) in [6, 6.07) is 20.2. The number of benzene rings is 3. The maximum absolute atomic E-state index is 12.4. The number of alkyl halides is 3. The van der Waals surface area contributed by atoms with Crippen LogP contribution in [0, 0.1) is 6.92 Å². The van der Waals surface area contributed by atoms with E-state index in [0.717, 1.165) is 41.6 Å². The molecule has 1 aliphatic rings. The number of carbonyl (C=O) groups excluding carboxylic acids is 2. The number of aliphatic imine (C=N–C) groups is 1. The smallest absolute Gasteiger partial charge is 0.406 e. The molecule has 222 valence electrons. The molecule has 0 unspecified atom stereocenters. The molecule has 0 bridgehead atoms. The fourth-order valence-electron chi connectivity index (χ4n) is 4.41. The molecule has 5 rings (SSSR count). The zero-order valence-electron chi connectivity index (χ0n) is 23.0. The van der Waals surface area contributed by atoms with E-state index in [-0.39, 0.29) is 17.4 Å². The van der Waals surface area contributed by atoms with Crippen molar-refractivity contribution in [3.63, 3.8) is 0 Å². The molecule has 1 saturated heterocycles. The Balaban J connectivity index is 1.08. The number of halogens is 3. The Morgan fingerprint density at radius 3 is 2.51 bits per heavy atom. The number of hydrogen-bond donors (Lipinski definition) is 1. The Hall–Kier alpha value is -4.65. The number of ether oxygens (including phenoxy) is 1. The number of aromatic nitrogens is 3. The molecule has 9 nitrogen and oxygen atoms in total. The van der Waals surface area contributed by atoms with Gasteiger partial charge in [-0.1, -0.05) is 54.2 Å². The Labute approximate surface area is 249 Å². The van der Waals surface area contributed by atoms with Crippen LogP contribution in [0.4, 0.5) is 23.7 Å². The summed E-state index contributed by atoms with van der Waals surface area (Å²) in [6.07, 6.45) is -0.845. The normalized spacial score (nSPS) is 14.4. The Kier molecular flexibility index (Phi) is 9.10. The topological polar surface area (TPSA) is 102 Å². The fraction of sp³-hybridized carbons (Fsp3) is 0.233. The summed E-state index contributed by atoms with van der Waals surface area (Å²) >= 11 is 1.25. The van der Waals surface area contributed by atoms with Gasteiger partial charge < -0.3 is 10.1 Å². The number of amides is 3. The van der Waals surface area contributed by atoms with Crippen LogP contribution in [-0.4, -0.2) is 50.5 Å². The first kappa shape index (κ1) is 29.8. The van der Waals surface area contributed by atoms with Crippen molar-refractivity contribution in [3.05, 3.63) is 90.3 Å². The summed E-state index contributed by atoms with van der Waals surface area (Å²) in [4.78, 5) is 34.8. The Morgan fingerprint density at radius 1 is 1.05 bits per heavy atom. The number of rotatable bonds is 9. The number of urea groups is 1. The summed E-state index contributed by atoms with van der Waals surface area (Å²) in [7, 11) is 0. The molecule has 4 aromatic rings. The van der Waals surface area contributed by atoms with Gasteiger partial charge in [0.25, 0.3) is 0 Å². The third-order valence-corrected chi connectivity index (χ3v) is 7.45. The van der Waals surface area contributed by atoms with Crippen LogP contribution in [0.5, 0.6) is 5.75 Å². The lowest BCUT2D eigenvalue weighted by molar-refractivity contribution is -0.274. The van der Waals surface area contributed by atoms with Crippen molar-refractivity contribution < 1.29 is 27.5 Å². The number of hydrogen-bond acceptors (Lipinski definition) is 6. The molecule has 2 heterocycles. The van der Waals surface area contributed by atoms with Crippen molar-refractivity contribution in [2.75, 3.05) is 17.2 Å². The Morgan fingerprint density at radius 2 is 1.79 bits per heavy atom. The summed E-state index contributed by atoms with van der Waals surface area (Å²) in [5.41, 5.74) is 4.12. The molecule has 0 radical (unpaired) electrons. The number of anilines is 1. The van der Waals surface area contributed by atoms with Crippen LogP contribution in [0.3, 0.4) is 0 Å². The number of aryl methyl sites for hydroxylation is 2. The van der Waals surface area contributed by atoms with Gasteiger partial charge in [-0.2, -0.15) is 4.99 Å². The summed E-state index contributed by atoms with van der Waals surface area (Å²) < 4.78 is 42.5. The van der Waals surface area contributed by atoms with Crippen molar-refractivity contribution in [2.24, 2.45) is 4.99 Å². The van der Waals surface area contributed by atoms with E-state index >= 15 is 0 Å². The van der Waals surface area contributed by atoms with E-state index in [1.807, 2.05) is 55.5 Å². The number of thioether (sulfide) groups is 1. The van der Waals surface area contributed by atoms with Gasteiger partial charge in [0.2, 0.25) is 5.91 Å². The van der Waals surface area contributed by atoms with Crippen molar-refractivity contribution in [3.8, 4) is 22.8 Å². The molecule has 3 aromatic carbocycles. The molecule has 0 atom stereocenters. The van der Waals surface area contributed by atoms with Gasteiger partial charge in [0.15, 0.2) is 11.0 Å². The van der Waals surface area contributed by atoms with E-state index in [2.05, 4.69) is 25.1 Å². The van der Waals surface area contributed by atoms with Crippen LogP contribution < -0.4 is 15.0 Å². The highest BCUT2D eigenvalue weighted by atomic mass is 32.2. The van der Waals surface area contributed by atoms with Gasteiger partial charge in [-0.3, -0.25) is 9.69 Å². The maximum atomic E-state index is 12.4. The lowest BCUT2D eigenvalue weighted by atomic mass is 10.1. The van der Waals surface area contributed by atoms with Gasteiger partial charge >= 0.3 is 12.4 Å². The molecular formula is C30H27F3N6O3S. The van der Waals surface area contributed by atoms with Crippen LogP contribution in [0.25, 0.3) is 17.1 Å². The average molecular weight is 609 g/mol. The minimum absolute atomic E-state index is 0.103. The third kappa shape index (κ3) is 7.80. The van der Waals surface area contributed by atoms with Gasteiger partial charge in [-0.25, -0.2) is 14.5 Å². The molecule has 1 fully saturated rings. The van der Waals surface area contributed by atoms with Crippen molar-refractivity contribution >= 4 is 34.6 Å². The molecule has 43 heavy (non-hydrogen) atoms. The third-order valence-electron chi connectivity index (χ3n) is 6.53. The molecule has 0 spiro atoms. The van der Waals surface area contributed by atoms with Crippen molar-refractivity contribution in [2.45, 2.75) is 32.5 Å². The second kappa shape index (κ2) is 13.1. The van der Waals surface area contributed by atoms with E-state index in [0.29, 0.717) is 23.2 Å². The minimum atomic E-state index is -4.75. The number of carbonyl (C=O) groups is 2. The first-order chi connectivity index (χ1) is 20.7. The molecule has 1 aliphatic heterocycles. The van der Waals surface area contributed by atoms with Gasteiger partial charge in [-0.15, -0.1) is 18.3 Å². The molecule has 1 N–H and O–H groups in total. The van der Waals surface area contributed by atoms with E-state index < -0.39 is 12.4 Å². The number of nitrogens with one attached hydrogen (secondary N) is 1. The number of amidine groups is 1. The summed E-state index contributed by atoms with van der Waals surface area (Å²) in [5.74, 6) is 0.313. The summed E-state index contributed by atoms with van der Waals surface area (Å²) in [6.45, 7) is 2.37. The van der Waals surface area contributed by atoms with Gasteiger partial charge in [0.05, 0.1) is 17.1 Å². The highest BCUT2D eigenvalue weighted by Gasteiger charge is 2.32. The zero-order valence-corrected chi connectivity index (χ0v) is 23.9. The fourth-order valence-corrected chi connectivity index (χ4v) is 5.27. The molecule has 3 amide bonds. The molecule has 0 aliphatic carbocycles. The van der Waals surface area contributed by atoms with E-state index in [1.165, 1.54) is 51.9 Å². The standard InChI is InChI=1S/C30H27F3N6O3S/c1-20-6-2-3-8-25(20)39-26(40)18-43-29(39)36-28(41)34-17-5-4-7-21-9-11-22(12-10-21)27-35-19-38(37-27)23-13-15-24(16-14-23)42-30(31,32)33/h2-3,6,8-16,19H,4-5,7,17-18H2,1H3,(H,34,41)/b36-29-. The molecule has 0 saturated carbocycles. The van der Waals surface area contributed by atoms with Crippen LogP contribution in [0.2, 0.25) is 0 Å². The lowest BCUT2D eigenvalue weighted by Crippen LogP contribution is -2.32. The monoisotopic (exact) mass is 608 g/mol. The SMILES string of the molecule is Cc1ccccc1N1C(=O)CS/C1=N\C(=O)NCCCCc1ccc(-c2ncn(-c3ccc(OC(F)(F)F)cc3)n2)cc1. The predicted octanol–water partition coefficient (Wildman–Crippen LogP) is 6.31. The quantitative estimate of drug-likeness (QED) is 0.224. The lowest BCUT2D eigenvalue weighted by Gasteiger charge is -2.18. The van der Waals surface area contributed by atoms with Crippen LogP contribution in [0.1, 0.15) is 24.0 Å². The second-order valence-corrected chi connectivity index (χ2v) is 10.6. The van der Waals surface area contributed by atoms with Crippen molar-refractivity contribution in [1.82, 2.24) is 20.1 Å². The Bertz CT molecular complexity index is 1620. The van der Waals surface area contributed by atoms with Crippen LogP contribution in [0.15, 0.2) is 84.1 Å². The average Bonchev–Trinajstić information content (AvgIpc) is 3.60. The highest BCUT2D eigenvalue weighted by molar-refractivity contribution is 8.15. The van der Waals surface area contributed by atoms with E-state index in [4.69, 9.17) is 0 Å². The summed E-state index contributed by atoms with van der Waals surface area (Å²) in [5, 5.41) is 7.61. The number of unbranched alkanes of at least 4 members (excludes halogenated alkanes) is 1. The first-order valence-electron chi connectivity index (χ1n) is 13.4. The zero-order chi connectivity index (χ0) is 30.4. The first-order valence-corrected chi connectivity index (χ1v) is 14.4. The van der Waals surface area contributed by atoms with E-state index in [9.17, 15) is 22.8 Å².